The number of pyridine rings is 1. The van der Waals surface area contributed by atoms with E-state index < -0.39 is 27.0 Å². The molecule has 1 rings (SSSR count). The molecule has 16 heavy (non-hydrogen) atoms. The number of sulfonamides is 1. The van der Waals surface area contributed by atoms with E-state index in [1.165, 1.54) is 7.11 Å². The van der Waals surface area contributed by atoms with Crippen LogP contribution in [0.1, 0.15) is 12.0 Å². The molecular formula is C7H7BrF2N2O3S. The lowest BCUT2D eigenvalue weighted by atomic mass is 10.3. The van der Waals surface area contributed by atoms with Crippen molar-refractivity contribution in [1.29, 1.82) is 0 Å². The molecule has 90 valence electrons. The molecule has 0 aliphatic rings. The molecule has 0 aliphatic heterocycles. The normalized spacial score (nSPS) is 11.9. The molecule has 0 saturated carbocycles. The summed E-state index contributed by atoms with van der Waals surface area (Å²) in [5.41, 5.74) is -0.789. The van der Waals surface area contributed by atoms with Crippen molar-refractivity contribution in [2.45, 2.75) is 11.5 Å². The van der Waals surface area contributed by atoms with E-state index in [4.69, 9.17) is 9.88 Å². The van der Waals surface area contributed by atoms with Gasteiger partial charge in [-0.25, -0.2) is 27.3 Å². The molecule has 0 fully saturated rings. The number of rotatable bonds is 3. The summed E-state index contributed by atoms with van der Waals surface area (Å²) in [6, 6.07) is 0.876. The van der Waals surface area contributed by atoms with Crippen LogP contribution >= 0.6 is 15.9 Å². The highest BCUT2D eigenvalue weighted by molar-refractivity contribution is 9.10. The van der Waals surface area contributed by atoms with E-state index >= 15 is 0 Å². The van der Waals surface area contributed by atoms with Gasteiger partial charge in [0.2, 0.25) is 0 Å². The van der Waals surface area contributed by atoms with Gasteiger partial charge >= 0.3 is 0 Å². The smallest absolute Gasteiger partial charge is 0.266 e. The molecule has 9 heteroatoms. The average Bonchev–Trinajstić information content (AvgIpc) is 2.15. The molecular weight excluding hydrogens is 310 g/mol. The van der Waals surface area contributed by atoms with Crippen LogP contribution in [0.4, 0.5) is 8.78 Å². The highest BCUT2D eigenvalue weighted by Gasteiger charge is 2.24. The summed E-state index contributed by atoms with van der Waals surface area (Å²) in [5, 5.41) is 3.90. The molecule has 5 nitrogen and oxygen atoms in total. The van der Waals surface area contributed by atoms with Gasteiger partial charge in [0.15, 0.2) is 10.8 Å². The van der Waals surface area contributed by atoms with Crippen LogP contribution in [0.25, 0.3) is 0 Å². The van der Waals surface area contributed by atoms with E-state index in [1.54, 1.807) is 0 Å². The number of primary sulfonamides is 1. The maximum atomic E-state index is 12.6. The van der Waals surface area contributed by atoms with Crippen LogP contribution in [0.5, 0.6) is 5.75 Å². The fourth-order valence-corrected chi connectivity index (χ4v) is 2.26. The predicted octanol–water partition coefficient (Wildman–Crippen LogP) is 1.44. The summed E-state index contributed by atoms with van der Waals surface area (Å²) >= 11 is 2.88. The molecule has 1 aromatic heterocycles. The zero-order valence-electron chi connectivity index (χ0n) is 7.95. The predicted molar refractivity (Wildman–Crippen MR) is 54.8 cm³/mol. The van der Waals surface area contributed by atoms with Crippen molar-refractivity contribution in [3.8, 4) is 5.75 Å². The Kier molecular flexibility index (Phi) is 3.81. The molecule has 1 aromatic rings. The van der Waals surface area contributed by atoms with E-state index in [1.807, 2.05) is 0 Å². The molecule has 0 bridgehead atoms. The minimum Gasteiger partial charge on any atom is -0.494 e. The molecule has 0 radical (unpaired) electrons. The van der Waals surface area contributed by atoms with Crippen molar-refractivity contribution in [1.82, 2.24) is 4.98 Å². The van der Waals surface area contributed by atoms with Gasteiger partial charge in [0.1, 0.15) is 4.60 Å². The van der Waals surface area contributed by atoms with Gasteiger partial charge in [-0.3, -0.25) is 0 Å². The Morgan fingerprint density at radius 3 is 2.50 bits per heavy atom. The first-order valence-corrected chi connectivity index (χ1v) is 6.16. The number of hydrogen-bond acceptors (Lipinski definition) is 4. The number of ether oxygens (including phenoxy) is 1. The molecule has 1 heterocycles. The lowest BCUT2D eigenvalue weighted by Gasteiger charge is -2.09. The summed E-state index contributed by atoms with van der Waals surface area (Å²) < 4.78 is 51.9. The van der Waals surface area contributed by atoms with Crippen molar-refractivity contribution in [3.63, 3.8) is 0 Å². The standard InChI is InChI=1S/C7H7BrF2N2O3S/c1-15-4-2-3(6(9)10)7(12-5(4)8)16(11,13)14/h2,6H,1H3,(H2,11,13,14). The first-order chi connectivity index (χ1) is 7.27. The second-order valence-electron chi connectivity index (χ2n) is 2.72. The van der Waals surface area contributed by atoms with Gasteiger partial charge < -0.3 is 4.74 Å². The summed E-state index contributed by atoms with van der Waals surface area (Å²) in [7, 11) is -3.06. The topological polar surface area (TPSA) is 82.3 Å². The van der Waals surface area contributed by atoms with Crippen molar-refractivity contribution in [3.05, 3.63) is 16.2 Å². The third-order valence-electron chi connectivity index (χ3n) is 1.66. The zero-order valence-corrected chi connectivity index (χ0v) is 10.3. The first-order valence-electron chi connectivity index (χ1n) is 3.82. The van der Waals surface area contributed by atoms with Gasteiger partial charge in [-0.1, -0.05) is 0 Å². The van der Waals surface area contributed by atoms with Crippen LogP contribution in [0.2, 0.25) is 0 Å². The number of halogens is 3. The van der Waals surface area contributed by atoms with E-state index in [-0.39, 0.29) is 10.4 Å². The lowest BCUT2D eigenvalue weighted by Crippen LogP contribution is -2.17. The SMILES string of the molecule is COc1cc(C(F)F)c(S(N)(=O)=O)nc1Br. The second-order valence-corrected chi connectivity index (χ2v) is 4.95. The van der Waals surface area contributed by atoms with Crippen molar-refractivity contribution in [2.24, 2.45) is 5.14 Å². The molecule has 0 unspecified atom stereocenters. The molecule has 0 amide bonds. The minimum atomic E-state index is -4.30. The first kappa shape index (κ1) is 13.3. The summed E-state index contributed by atoms with van der Waals surface area (Å²) in [6.45, 7) is 0. The summed E-state index contributed by atoms with van der Waals surface area (Å²) in [4.78, 5) is 3.44. The Balaban J connectivity index is 3.55. The average molecular weight is 317 g/mol. The number of nitrogens with zero attached hydrogens (tertiary/aromatic N) is 1. The maximum Gasteiger partial charge on any atom is 0.266 e. The van der Waals surface area contributed by atoms with Gasteiger partial charge in [-0.15, -0.1) is 0 Å². The molecule has 0 atom stereocenters. The lowest BCUT2D eigenvalue weighted by molar-refractivity contribution is 0.146. The van der Waals surface area contributed by atoms with Crippen LogP contribution in [0.15, 0.2) is 15.7 Å². The number of aromatic nitrogens is 1. The Morgan fingerprint density at radius 1 is 1.56 bits per heavy atom. The van der Waals surface area contributed by atoms with E-state index in [2.05, 4.69) is 20.9 Å². The van der Waals surface area contributed by atoms with E-state index in [9.17, 15) is 17.2 Å². The van der Waals surface area contributed by atoms with Crippen LogP contribution in [-0.4, -0.2) is 20.5 Å². The van der Waals surface area contributed by atoms with E-state index in [0.29, 0.717) is 0 Å². The fourth-order valence-electron chi connectivity index (χ4n) is 0.999. The van der Waals surface area contributed by atoms with Crippen LogP contribution in [-0.2, 0) is 10.0 Å². The molecule has 0 aromatic carbocycles. The number of methoxy groups -OCH3 is 1. The third-order valence-corrected chi connectivity index (χ3v) is 3.10. The fraction of sp³-hybridized carbons (Fsp3) is 0.286. The Hall–Kier alpha value is -0.800. The van der Waals surface area contributed by atoms with Crippen molar-refractivity contribution >= 4 is 26.0 Å². The Bertz CT molecular complexity index is 507. The number of alkyl halides is 2. The summed E-state index contributed by atoms with van der Waals surface area (Å²) in [6.07, 6.45) is -3.01. The molecule has 2 N–H and O–H groups in total. The Labute approximate surface area is 98.8 Å². The highest BCUT2D eigenvalue weighted by Crippen LogP contribution is 2.32. The van der Waals surface area contributed by atoms with Gasteiger partial charge in [0.25, 0.3) is 16.4 Å². The minimum absolute atomic E-state index is 0.00250. The van der Waals surface area contributed by atoms with Gasteiger partial charge in [-0.2, -0.15) is 0 Å². The van der Waals surface area contributed by atoms with Crippen molar-refractivity contribution in [2.75, 3.05) is 7.11 Å². The second kappa shape index (κ2) is 4.60. The largest absolute Gasteiger partial charge is 0.494 e. The molecule has 0 spiro atoms. The summed E-state index contributed by atoms with van der Waals surface area (Å²) in [5.74, 6) is 0.00250. The van der Waals surface area contributed by atoms with Crippen molar-refractivity contribution < 1.29 is 21.9 Å². The third kappa shape index (κ3) is 2.66. The maximum absolute atomic E-state index is 12.6. The number of nitrogens with two attached hydrogens (primary N) is 1. The van der Waals surface area contributed by atoms with Gasteiger partial charge in [0.05, 0.1) is 12.7 Å². The zero-order chi connectivity index (χ0) is 12.5. The molecule has 0 aliphatic carbocycles. The van der Waals surface area contributed by atoms with Crippen LogP contribution < -0.4 is 9.88 Å². The number of hydrogen-bond donors (Lipinski definition) is 1. The molecule has 0 saturated heterocycles. The quantitative estimate of drug-likeness (QED) is 0.855. The van der Waals surface area contributed by atoms with E-state index in [0.717, 1.165) is 6.07 Å². The Morgan fingerprint density at radius 2 is 2.12 bits per heavy atom. The van der Waals surface area contributed by atoms with Crippen LogP contribution in [0, 0.1) is 0 Å². The monoisotopic (exact) mass is 316 g/mol. The van der Waals surface area contributed by atoms with Gasteiger partial charge in [0, 0.05) is 0 Å². The highest BCUT2D eigenvalue weighted by atomic mass is 79.9. The van der Waals surface area contributed by atoms with Crippen LogP contribution in [0.3, 0.4) is 0 Å². The van der Waals surface area contributed by atoms with Gasteiger partial charge in [-0.05, 0) is 22.0 Å².